The first-order valence-corrected chi connectivity index (χ1v) is 8.74. The molecule has 1 aliphatic heterocycles. The van der Waals surface area contributed by atoms with Gasteiger partial charge in [-0.15, -0.1) is 0 Å². The predicted molar refractivity (Wildman–Crippen MR) is 102 cm³/mol. The number of carbonyl (C=O) groups is 2. The van der Waals surface area contributed by atoms with E-state index >= 15 is 0 Å². The molecule has 132 valence electrons. The van der Waals surface area contributed by atoms with Crippen molar-refractivity contribution in [3.05, 3.63) is 64.3 Å². The number of fused-ring (bicyclic) bond motifs is 2. The van der Waals surface area contributed by atoms with E-state index in [9.17, 15) is 9.59 Å². The molecule has 2 aromatic carbocycles. The average Bonchev–Trinajstić information content (AvgIpc) is 3.16. The zero-order chi connectivity index (χ0) is 18.4. The minimum absolute atomic E-state index is 0.0116. The monoisotopic (exact) mass is 347 g/mol. The van der Waals surface area contributed by atoms with Crippen LogP contribution in [0, 0.1) is 13.8 Å². The highest BCUT2D eigenvalue weighted by Gasteiger charge is 2.20. The third-order valence-corrected chi connectivity index (χ3v) is 4.94. The van der Waals surface area contributed by atoms with Crippen molar-refractivity contribution in [1.82, 2.24) is 10.3 Å². The highest BCUT2D eigenvalue weighted by molar-refractivity contribution is 6.00. The van der Waals surface area contributed by atoms with Gasteiger partial charge in [0, 0.05) is 16.6 Å². The Balaban J connectivity index is 1.55. The fourth-order valence-corrected chi connectivity index (χ4v) is 3.60. The Morgan fingerprint density at radius 2 is 1.96 bits per heavy atom. The zero-order valence-electron chi connectivity index (χ0n) is 15.1. The Bertz CT molecular complexity index is 1050. The number of aromatic nitrogens is 1. The standard InChI is InChI=1S/C21H21N3O2/c1-11-6-12(2)16-10-19(23-18(16)7-11)21(26)22-13(3)14-4-5-17-15(8-14)9-20(25)24-17/h4-8,10,13,23H,9H2,1-3H3,(H,22,26)(H,24,25). The van der Waals surface area contributed by atoms with Crippen molar-refractivity contribution >= 4 is 28.4 Å². The number of nitrogens with one attached hydrogen (secondary N) is 3. The van der Waals surface area contributed by atoms with Gasteiger partial charge in [-0.05, 0) is 61.2 Å². The Labute approximate surface area is 151 Å². The number of amides is 2. The van der Waals surface area contributed by atoms with E-state index in [0.29, 0.717) is 12.1 Å². The van der Waals surface area contributed by atoms with Crippen LogP contribution in [0.2, 0.25) is 0 Å². The second-order valence-electron chi connectivity index (χ2n) is 7.06. The van der Waals surface area contributed by atoms with Crippen molar-refractivity contribution in [2.75, 3.05) is 5.32 Å². The SMILES string of the molecule is Cc1cc(C)c2cc(C(=O)NC(C)c3ccc4c(c3)CC(=O)N4)[nH]c2c1. The summed E-state index contributed by atoms with van der Waals surface area (Å²) in [6, 6.07) is 11.7. The summed E-state index contributed by atoms with van der Waals surface area (Å²) in [5.74, 6) is -0.127. The van der Waals surface area contributed by atoms with Crippen LogP contribution in [-0.2, 0) is 11.2 Å². The maximum Gasteiger partial charge on any atom is 0.268 e. The largest absolute Gasteiger partial charge is 0.351 e. The number of hydrogen-bond acceptors (Lipinski definition) is 2. The van der Waals surface area contributed by atoms with E-state index in [4.69, 9.17) is 0 Å². The maximum absolute atomic E-state index is 12.7. The van der Waals surface area contributed by atoms with Gasteiger partial charge in [-0.1, -0.05) is 18.2 Å². The minimum atomic E-state index is -0.155. The van der Waals surface area contributed by atoms with Crippen LogP contribution in [0.15, 0.2) is 36.4 Å². The Morgan fingerprint density at radius 1 is 1.15 bits per heavy atom. The van der Waals surface area contributed by atoms with Crippen LogP contribution >= 0.6 is 0 Å². The molecule has 3 N–H and O–H groups in total. The lowest BCUT2D eigenvalue weighted by molar-refractivity contribution is -0.115. The van der Waals surface area contributed by atoms with Gasteiger partial charge >= 0.3 is 0 Å². The van der Waals surface area contributed by atoms with Gasteiger partial charge in [0.2, 0.25) is 5.91 Å². The molecule has 1 unspecified atom stereocenters. The van der Waals surface area contributed by atoms with Gasteiger partial charge in [0.15, 0.2) is 0 Å². The fraction of sp³-hybridized carbons (Fsp3) is 0.238. The lowest BCUT2D eigenvalue weighted by atomic mass is 10.0. The van der Waals surface area contributed by atoms with Crippen molar-refractivity contribution in [2.45, 2.75) is 33.2 Å². The molecule has 2 amide bonds. The topological polar surface area (TPSA) is 74.0 Å². The van der Waals surface area contributed by atoms with Gasteiger partial charge in [-0.2, -0.15) is 0 Å². The van der Waals surface area contributed by atoms with Gasteiger partial charge < -0.3 is 15.6 Å². The molecule has 1 aliphatic rings. The first-order valence-electron chi connectivity index (χ1n) is 8.74. The van der Waals surface area contributed by atoms with E-state index < -0.39 is 0 Å². The quantitative estimate of drug-likeness (QED) is 0.675. The molecule has 0 fully saturated rings. The van der Waals surface area contributed by atoms with Crippen LogP contribution in [0.25, 0.3) is 10.9 Å². The highest BCUT2D eigenvalue weighted by Crippen LogP contribution is 2.27. The second kappa shape index (κ2) is 6.02. The van der Waals surface area contributed by atoms with Gasteiger partial charge in [0.1, 0.15) is 5.69 Å². The first-order chi connectivity index (χ1) is 12.4. The molecule has 26 heavy (non-hydrogen) atoms. The summed E-state index contributed by atoms with van der Waals surface area (Å²) >= 11 is 0. The smallest absolute Gasteiger partial charge is 0.268 e. The summed E-state index contributed by atoms with van der Waals surface area (Å²) < 4.78 is 0. The van der Waals surface area contributed by atoms with Gasteiger partial charge in [-0.25, -0.2) is 0 Å². The van der Waals surface area contributed by atoms with E-state index in [0.717, 1.165) is 33.3 Å². The molecule has 3 aromatic rings. The number of hydrogen-bond donors (Lipinski definition) is 3. The van der Waals surface area contributed by atoms with Crippen LogP contribution < -0.4 is 10.6 Å². The van der Waals surface area contributed by atoms with Gasteiger partial charge in [0.05, 0.1) is 12.5 Å². The van der Waals surface area contributed by atoms with Crippen molar-refractivity contribution in [3.63, 3.8) is 0 Å². The van der Waals surface area contributed by atoms with Gasteiger partial charge in [-0.3, -0.25) is 9.59 Å². The number of aryl methyl sites for hydroxylation is 2. The van der Waals surface area contributed by atoms with Crippen molar-refractivity contribution < 1.29 is 9.59 Å². The molecule has 1 aromatic heterocycles. The summed E-state index contributed by atoms with van der Waals surface area (Å²) in [6.07, 6.45) is 0.393. The first kappa shape index (κ1) is 16.4. The van der Waals surface area contributed by atoms with E-state index in [1.54, 1.807) is 0 Å². The van der Waals surface area contributed by atoms with Crippen LogP contribution in [0.3, 0.4) is 0 Å². The lowest BCUT2D eigenvalue weighted by Crippen LogP contribution is -2.26. The predicted octanol–water partition coefficient (Wildman–Crippen LogP) is 3.77. The molecule has 0 radical (unpaired) electrons. The minimum Gasteiger partial charge on any atom is -0.351 e. The van der Waals surface area contributed by atoms with Crippen LogP contribution in [0.5, 0.6) is 0 Å². The summed E-state index contributed by atoms with van der Waals surface area (Å²) in [6.45, 7) is 6.04. The number of rotatable bonds is 3. The molecular weight excluding hydrogens is 326 g/mol. The summed E-state index contributed by atoms with van der Waals surface area (Å²) in [7, 11) is 0. The van der Waals surface area contributed by atoms with Crippen molar-refractivity contribution in [2.24, 2.45) is 0 Å². The molecule has 0 saturated heterocycles. The Morgan fingerprint density at radius 3 is 2.77 bits per heavy atom. The van der Waals surface area contributed by atoms with Crippen molar-refractivity contribution in [1.29, 1.82) is 0 Å². The molecule has 4 rings (SSSR count). The second-order valence-corrected chi connectivity index (χ2v) is 7.06. The molecule has 0 bridgehead atoms. The number of benzene rings is 2. The number of H-pyrrole nitrogens is 1. The molecule has 5 heteroatoms. The van der Waals surface area contributed by atoms with E-state index in [1.165, 1.54) is 5.56 Å². The normalized spacial score (nSPS) is 14.2. The molecule has 5 nitrogen and oxygen atoms in total. The Hall–Kier alpha value is -3.08. The van der Waals surface area contributed by atoms with E-state index in [-0.39, 0.29) is 17.9 Å². The van der Waals surface area contributed by atoms with Gasteiger partial charge in [0.25, 0.3) is 5.91 Å². The summed E-state index contributed by atoms with van der Waals surface area (Å²) in [5, 5.41) is 6.92. The van der Waals surface area contributed by atoms with E-state index in [2.05, 4.69) is 21.7 Å². The van der Waals surface area contributed by atoms with Crippen LogP contribution in [-0.4, -0.2) is 16.8 Å². The number of carbonyl (C=O) groups excluding carboxylic acids is 2. The molecule has 1 atom stereocenters. The van der Waals surface area contributed by atoms with Crippen LogP contribution in [0.1, 0.15) is 45.7 Å². The lowest BCUT2D eigenvalue weighted by Gasteiger charge is -2.14. The molecule has 0 saturated carbocycles. The number of anilines is 1. The molecule has 0 aliphatic carbocycles. The third-order valence-electron chi connectivity index (χ3n) is 4.94. The Kier molecular flexibility index (Phi) is 3.80. The molecular formula is C21H21N3O2. The summed E-state index contributed by atoms with van der Waals surface area (Å²) in [5.41, 5.74) is 6.67. The maximum atomic E-state index is 12.7. The van der Waals surface area contributed by atoms with E-state index in [1.807, 2.05) is 51.1 Å². The molecule has 2 heterocycles. The summed E-state index contributed by atoms with van der Waals surface area (Å²) in [4.78, 5) is 27.4. The average molecular weight is 347 g/mol. The van der Waals surface area contributed by atoms with Crippen molar-refractivity contribution in [3.8, 4) is 0 Å². The number of aromatic amines is 1. The van der Waals surface area contributed by atoms with Crippen LogP contribution in [0.4, 0.5) is 5.69 Å². The highest BCUT2D eigenvalue weighted by atomic mass is 16.2. The molecule has 0 spiro atoms. The fourth-order valence-electron chi connectivity index (χ4n) is 3.60. The zero-order valence-corrected chi connectivity index (χ0v) is 15.1. The third kappa shape index (κ3) is 2.86.